The number of aliphatic imine (C=N–C) groups is 1. The van der Waals surface area contributed by atoms with Crippen LogP contribution in [0.3, 0.4) is 0 Å². The van der Waals surface area contributed by atoms with Gasteiger partial charge in [-0.2, -0.15) is 0 Å². The van der Waals surface area contributed by atoms with E-state index in [1.165, 1.54) is 23.0 Å². The number of fused-ring (bicyclic) bond motifs is 1. The number of rotatable bonds is 7. The molecule has 0 unspecified atom stereocenters. The third-order valence-electron chi connectivity index (χ3n) is 5.41. The Bertz CT molecular complexity index is 1640. The molecule has 0 spiro atoms. The molecule has 4 aromatic rings. The van der Waals surface area contributed by atoms with Crippen molar-refractivity contribution >= 4 is 55.4 Å². The normalized spacial score (nSPS) is 13.6. The van der Waals surface area contributed by atoms with E-state index in [1.54, 1.807) is 42.5 Å². The third-order valence-corrected chi connectivity index (χ3v) is 8.90. The topological polar surface area (TPSA) is 108 Å². The maximum absolute atomic E-state index is 13.0. The quantitative estimate of drug-likeness (QED) is 0.364. The van der Waals surface area contributed by atoms with Gasteiger partial charge in [-0.25, -0.2) is 18.4 Å². The number of sulfone groups is 1. The fourth-order valence-electron chi connectivity index (χ4n) is 3.75. The molecule has 0 saturated heterocycles. The number of Topliss-reactive ketones (excluding diaryl/α,β-unsaturated/α-hetero) is 1. The molecular weight excluding hydrogens is 510 g/mol. The van der Waals surface area contributed by atoms with Gasteiger partial charge in [0.25, 0.3) is 5.56 Å². The van der Waals surface area contributed by atoms with Crippen LogP contribution in [-0.4, -0.2) is 48.6 Å². The summed E-state index contributed by atoms with van der Waals surface area (Å²) in [5.74, 6) is -0.479. The number of ketones is 1. The molecule has 0 fully saturated rings. The van der Waals surface area contributed by atoms with E-state index in [1.807, 2.05) is 0 Å². The molecule has 178 valence electrons. The van der Waals surface area contributed by atoms with Gasteiger partial charge >= 0.3 is 0 Å². The first kappa shape index (κ1) is 23.4. The minimum Gasteiger partial charge on any atom is -0.476 e. The van der Waals surface area contributed by atoms with Gasteiger partial charge in [0.05, 0.1) is 27.5 Å². The van der Waals surface area contributed by atoms with Crippen LogP contribution in [0, 0.1) is 0 Å². The van der Waals surface area contributed by atoms with Crippen molar-refractivity contribution in [2.24, 2.45) is 4.99 Å². The van der Waals surface area contributed by atoms with Crippen LogP contribution in [0.1, 0.15) is 11.1 Å². The van der Waals surface area contributed by atoms with E-state index >= 15 is 0 Å². The van der Waals surface area contributed by atoms with Gasteiger partial charge in [0, 0.05) is 12.0 Å². The number of ether oxygens (including phenoxy) is 1. The van der Waals surface area contributed by atoms with Crippen LogP contribution in [0.4, 0.5) is 0 Å². The van der Waals surface area contributed by atoms with Gasteiger partial charge in [0.15, 0.2) is 15.6 Å². The fraction of sp³-hybridized carbons (Fsp3) is 0.167. The molecule has 11 heteroatoms. The number of carbonyl (C=O) groups excluding carboxylic acids is 1. The number of halogens is 1. The monoisotopic (exact) mass is 527 g/mol. The molecule has 0 atom stereocenters. The van der Waals surface area contributed by atoms with E-state index in [4.69, 9.17) is 16.3 Å². The molecule has 0 amide bonds. The Balaban J connectivity index is 1.33. The number of benzene rings is 2. The molecule has 3 heterocycles. The van der Waals surface area contributed by atoms with E-state index in [-0.39, 0.29) is 16.2 Å². The third kappa shape index (κ3) is 4.90. The van der Waals surface area contributed by atoms with Crippen LogP contribution < -0.4 is 5.56 Å². The first-order chi connectivity index (χ1) is 16.8. The second kappa shape index (κ2) is 9.37. The van der Waals surface area contributed by atoms with Gasteiger partial charge in [0.1, 0.15) is 22.9 Å². The molecule has 0 N–H and O–H groups in total. The average molecular weight is 528 g/mol. The predicted molar refractivity (Wildman–Crippen MR) is 135 cm³/mol. The van der Waals surface area contributed by atoms with Crippen LogP contribution in [0.15, 0.2) is 74.9 Å². The molecule has 35 heavy (non-hydrogen) atoms. The van der Waals surface area contributed by atoms with Gasteiger partial charge in [0.2, 0.25) is 5.90 Å². The zero-order chi connectivity index (χ0) is 24.6. The number of hydrogen-bond acceptors (Lipinski definition) is 8. The van der Waals surface area contributed by atoms with Crippen LogP contribution in [0.5, 0.6) is 0 Å². The zero-order valence-corrected chi connectivity index (χ0v) is 20.6. The Hall–Kier alpha value is -3.34. The minimum absolute atomic E-state index is 0.0434. The first-order valence-electron chi connectivity index (χ1n) is 10.6. The van der Waals surface area contributed by atoms with Gasteiger partial charge < -0.3 is 4.74 Å². The summed E-state index contributed by atoms with van der Waals surface area (Å²) in [4.78, 5) is 34.1. The second-order valence-corrected chi connectivity index (χ2v) is 11.8. The second-order valence-electron chi connectivity index (χ2n) is 7.89. The van der Waals surface area contributed by atoms with Crippen molar-refractivity contribution < 1.29 is 17.9 Å². The lowest BCUT2D eigenvalue weighted by Gasteiger charge is -2.09. The van der Waals surface area contributed by atoms with Crippen LogP contribution in [0.25, 0.3) is 16.6 Å². The summed E-state index contributed by atoms with van der Waals surface area (Å²) in [6.07, 6.45) is 1.41. The molecule has 2 aromatic heterocycles. The van der Waals surface area contributed by atoms with Crippen molar-refractivity contribution in [1.82, 2.24) is 9.55 Å². The lowest BCUT2D eigenvalue weighted by Crippen LogP contribution is -2.19. The Morgan fingerprint density at radius 2 is 1.91 bits per heavy atom. The summed E-state index contributed by atoms with van der Waals surface area (Å²) >= 11 is 6.73. The number of hydrogen-bond donors (Lipinski definition) is 0. The van der Waals surface area contributed by atoms with Crippen molar-refractivity contribution in [2.45, 2.75) is 10.6 Å². The van der Waals surface area contributed by atoms with E-state index in [2.05, 4.69) is 9.98 Å². The highest BCUT2D eigenvalue weighted by Gasteiger charge is 2.21. The number of thiophene rings is 1. The Labute approximate surface area is 209 Å². The molecule has 8 nitrogen and oxygen atoms in total. The lowest BCUT2D eigenvalue weighted by molar-refractivity contribution is -0.116. The fourth-order valence-corrected chi connectivity index (χ4v) is 6.56. The lowest BCUT2D eigenvalue weighted by atomic mass is 10.1. The van der Waals surface area contributed by atoms with E-state index in [0.29, 0.717) is 45.5 Å². The highest BCUT2D eigenvalue weighted by Crippen LogP contribution is 2.26. The summed E-state index contributed by atoms with van der Waals surface area (Å²) in [7, 11) is -3.73. The molecule has 0 radical (unpaired) electrons. The summed E-state index contributed by atoms with van der Waals surface area (Å²) < 4.78 is 32.1. The Morgan fingerprint density at radius 3 is 2.60 bits per heavy atom. The van der Waals surface area contributed by atoms with E-state index < -0.39 is 21.4 Å². The smallest absolute Gasteiger partial charge is 0.265 e. The molecular formula is C24H18ClN3O5S2. The molecule has 1 aliphatic rings. The summed E-state index contributed by atoms with van der Waals surface area (Å²) in [6.45, 7) is 1.16. The van der Waals surface area contributed by atoms with Crippen molar-refractivity contribution in [2.75, 3.05) is 18.9 Å². The first-order valence-corrected chi connectivity index (χ1v) is 13.4. The zero-order valence-electron chi connectivity index (χ0n) is 18.2. The largest absolute Gasteiger partial charge is 0.476 e. The summed E-state index contributed by atoms with van der Waals surface area (Å²) in [5, 5.41) is 0.452. The highest BCUT2D eigenvalue weighted by atomic mass is 35.5. The minimum atomic E-state index is -3.73. The SMILES string of the molecule is O=C(Cc1ccc(-n2cnc3cc(C4=NCCO4)ccc3c2=O)cc1)CS(=O)(=O)c1ccc(Cl)s1. The van der Waals surface area contributed by atoms with Crippen molar-refractivity contribution in [3.8, 4) is 5.69 Å². The average Bonchev–Trinajstić information content (AvgIpc) is 3.52. The molecule has 5 rings (SSSR count). The molecule has 0 bridgehead atoms. The number of aromatic nitrogens is 2. The summed E-state index contributed by atoms with van der Waals surface area (Å²) in [6, 6.07) is 14.9. The van der Waals surface area contributed by atoms with Crippen molar-refractivity contribution in [1.29, 1.82) is 0 Å². The van der Waals surface area contributed by atoms with Crippen LogP contribution in [0.2, 0.25) is 4.34 Å². The van der Waals surface area contributed by atoms with Crippen LogP contribution in [-0.2, 0) is 25.8 Å². The highest BCUT2D eigenvalue weighted by molar-refractivity contribution is 7.94. The maximum atomic E-state index is 13.0. The Morgan fingerprint density at radius 1 is 1.11 bits per heavy atom. The van der Waals surface area contributed by atoms with Gasteiger partial charge in [-0.15, -0.1) is 11.3 Å². The van der Waals surface area contributed by atoms with E-state index in [0.717, 1.165) is 16.9 Å². The number of carbonyl (C=O) groups is 1. The molecule has 0 aliphatic carbocycles. The Kier molecular flexibility index (Phi) is 6.26. The standard InChI is InChI=1S/C24H18ClN3O5S2/c25-21-7-8-22(34-21)35(31,32)13-18(29)11-15-1-4-17(5-2-15)28-14-27-20-12-16(23-26-9-10-33-23)3-6-19(20)24(28)30/h1-8,12,14H,9-11,13H2. The van der Waals surface area contributed by atoms with Gasteiger partial charge in [-0.1, -0.05) is 23.7 Å². The molecule has 1 aliphatic heterocycles. The van der Waals surface area contributed by atoms with Gasteiger partial charge in [-0.3, -0.25) is 14.2 Å². The molecule has 2 aromatic carbocycles. The predicted octanol–water partition coefficient (Wildman–Crippen LogP) is 3.46. The maximum Gasteiger partial charge on any atom is 0.265 e. The van der Waals surface area contributed by atoms with Crippen LogP contribution >= 0.6 is 22.9 Å². The van der Waals surface area contributed by atoms with Crippen molar-refractivity contribution in [3.63, 3.8) is 0 Å². The summed E-state index contributed by atoms with van der Waals surface area (Å²) in [5.41, 5.74) is 2.30. The van der Waals surface area contributed by atoms with E-state index in [9.17, 15) is 18.0 Å². The van der Waals surface area contributed by atoms with Crippen molar-refractivity contribution in [3.05, 3.63) is 86.7 Å². The van der Waals surface area contributed by atoms with Gasteiger partial charge in [-0.05, 0) is 48.0 Å². The number of nitrogens with zero attached hydrogens (tertiary/aromatic N) is 3. The molecule has 0 saturated carbocycles.